The Labute approximate surface area is 122 Å². The molecular weight excluding hydrogens is 270 g/mol. The summed E-state index contributed by atoms with van der Waals surface area (Å²) in [4.78, 5) is 7.94. The maximum atomic E-state index is 9.24. The summed E-state index contributed by atoms with van der Waals surface area (Å²) in [6, 6.07) is 8.04. The standard InChI is InChI=1S/C15H19N3OS/c19-18-13-9-3-1-2-4-10-14(13)20-15-16-11-7-5-6-8-12(11)17-15/h5-8,14,19H,1-4,9-10H2,(H,16,17). The number of fused-ring (bicyclic) bond motifs is 1. The second kappa shape index (κ2) is 6.31. The third kappa shape index (κ3) is 2.98. The van der Waals surface area contributed by atoms with Crippen LogP contribution >= 0.6 is 11.8 Å². The van der Waals surface area contributed by atoms with E-state index in [4.69, 9.17) is 0 Å². The van der Waals surface area contributed by atoms with Crippen molar-refractivity contribution in [2.24, 2.45) is 5.16 Å². The molecule has 1 aromatic carbocycles. The monoisotopic (exact) mass is 289 g/mol. The summed E-state index contributed by atoms with van der Waals surface area (Å²) in [5, 5.41) is 13.9. The third-order valence-corrected chi connectivity index (χ3v) is 4.98. The number of para-hydroxylation sites is 2. The smallest absolute Gasteiger partial charge is 0.167 e. The van der Waals surface area contributed by atoms with Crippen LogP contribution in [0.1, 0.15) is 38.5 Å². The molecule has 1 aromatic heterocycles. The lowest BCUT2D eigenvalue weighted by atomic mass is 9.99. The van der Waals surface area contributed by atoms with Gasteiger partial charge in [0, 0.05) is 0 Å². The molecule has 0 amide bonds. The van der Waals surface area contributed by atoms with Crippen molar-refractivity contribution in [1.82, 2.24) is 9.97 Å². The van der Waals surface area contributed by atoms with E-state index < -0.39 is 0 Å². The van der Waals surface area contributed by atoms with Crippen LogP contribution in [-0.2, 0) is 0 Å². The summed E-state index contributed by atoms with van der Waals surface area (Å²) < 4.78 is 0. The molecule has 1 atom stereocenters. The molecule has 1 aliphatic rings. The van der Waals surface area contributed by atoms with Gasteiger partial charge in [-0.15, -0.1) is 0 Å². The summed E-state index contributed by atoms with van der Waals surface area (Å²) in [5.41, 5.74) is 2.96. The third-order valence-electron chi connectivity index (χ3n) is 3.77. The molecule has 1 heterocycles. The van der Waals surface area contributed by atoms with Gasteiger partial charge in [0.25, 0.3) is 0 Å². The van der Waals surface area contributed by atoms with E-state index in [-0.39, 0.29) is 5.25 Å². The Morgan fingerprint density at radius 2 is 2.05 bits per heavy atom. The summed E-state index contributed by atoms with van der Waals surface area (Å²) in [6.07, 6.45) is 6.78. The molecule has 1 aliphatic carbocycles. The molecule has 0 radical (unpaired) electrons. The molecule has 0 aliphatic heterocycles. The van der Waals surface area contributed by atoms with Gasteiger partial charge in [0.05, 0.1) is 22.0 Å². The number of benzene rings is 1. The van der Waals surface area contributed by atoms with Gasteiger partial charge in [-0.1, -0.05) is 48.3 Å². The minimum absolute atomic E-state index is 0.237. The van der Waals surface area contributed by atoms with Crippen LogP contribution in [0.15, 0.2) is 34.6 Å². The van der Waals surface area contributed by atoms with E-state index in [0.717, 1.165) is 41.2 Å². The summed E-state index contributed by atoms with van der Waals surface area (Å²) >= 11 is 1.69. The summed E-state index contributed by atoms with van der Waals surface area (Å²) in [6.45, 7) is 0. The molecule has 106 valence electrons. The van der Waals surface area contributed by atoms with E-state index >= 15 is 0 Å². The first-order valence-corrected chi connectivity index (χ1v) is 8.07. The Morgan fingerprint density at radius 3 is 2.90 bits per heavy atom. The van der Waals surface area contributed by atoms with Crippen LogP contribution in [0.2, 0.25) is 0 Å². The first-order chi connectivity index (χ1) is 9.86. The van der Waals surface area contributed by atoms with Crippen molar-refractivity contribution in [3.8, 4) is 0 Å². The fourth-order valence-corrected chi connectivity index (χ4v) is 3.85. The molecule has 20 heavy (non-hydrogen) atoms. The van der Waals surface area contributed by atoms with Gasteiger partial charge in [-0.2, -0.15) is 0 Å². The van der Waals surface area contributed by atoms with Crippen molar-refractivity contribution in [3.05, 3.63) is 24.3 Å². The molecule has 0 bridgehead atoms. The predicted octanol–water partition coefficient (Wildman–Crippen LogP) is 4.21. The van der Waals surface area contributed by atoms with E-state index in [1.165, 1.54) is 19.3 Å². The Kier molecular flexibility index (Phi) is 4.25. The fourth-order valence-electron chi connectivity index (χ4n) is 2.68. The van der Waals surface area contributed by atoms with E-state index in [1.807, 2.05) is 24.3 Å². The van der Waals surface area contributed by atoms with E-state index in [1.54, 1.807) is 11.8 Å². The zero-order chi connectivity index (χ0) is 13.8. The second-order valence-electron chi connectivity index (χ2n) is 5.21. The van der Waals surface area contributed by atoms with Gasteiger partial charge in [-0.3, -0.25) is 0 Å². The highest BCUT2D eigenvalue weighted by atomic mass is 32.2. The first-order valence-electron chi connectivity index (χ1n) is 7.19. The number of hydrogen-bond acceptors (Lipinski definition) is 4. The van der Waals surface area contributed by atoms with Crippen molar-refractivity contribution >= 4 is 28.5 Å². The van der Waals surface area contributed by atoms with E-state index in [9.17, 15) is 5.21 Å². The Hall–Kier alpha value is -1.49. The zero-order valence-corrected chi connectivity index (χ0v) is 12.2. The van der Waals surface area contributed by atoms with Gasteiger partial charge in [-0.25, -0.2) is 4.98 Å². The maximum Gasteiger partial charge on any atom is 0.167 e. The number of nitrogens with one attached hydrogen (secondary N) is 1. The fraction of sp³-hybridized carbons (Fsp3) is 0.467. The van der Waals surface area contributed by atoms with Crippen molar-refractivity contribution in [2.45, 2.75) is 48.9 Å². The normalized spacial score (nSPS) is 22.8. The molecular formula is C15H19N3OS. The van der Waals surface area contributed by atoms with Crippen LogP contribution in [0, 0.1) is 0 Å². The van der Waals surface area contributed by atoms with Crippen molar-refractivity contribution < 1.29 is 5.21 Å². The number of oxime groups is 1. The highest BCUT2D eigenvalue weighted by Gasteiger charge is 2.21. The van der Waals surface area contributed by atoms with Gasteiger partial charge in [0.2, 0.25) is 0 Å². The molecule has 1 unspecified atom stereocenters. The van der Waals surface area contributed by atoms with Gasteiger partial charge >= 0.3 is 0 Å². The lowest BCUT2D eigenvalue weighted by Crippen LogP contribution is -2.19. The summed E-state index contributed by atoms with van der Waals surface area (Å²) in [5.74, 6) is 0. The first kappa shape index (κ1) is 13.5. The van der Waals surface area contributed by atoms with Crippen molar-refractivity contribution in [3.63, 3.8) is 0 Å². The number of imidazole rings is 1. The molecule has 0 saturated heterocycles. The molecule has 1 fully saturated rings. The van der Waals surface area contributed by atoms with Crippen LogP contribution in [-0.4, -0.2) is 26.1 Å². The zero-order valence-electron chi connectivity index (χ0n) is 11.4. The number of hydrogen-bond donors (Lipinski definition) is 2. The number of rotatable bonds is 2. The molecule has 2 N–H and O–H groups in total. The second-order valence-corrected chi connectivity index (χ2v) is 6.40. The molecule has 2 aromatic rings. The number of nitrogens with zero attached hydrogens (tertiary/aromatic N) is 2. The lowest BCUT2D eigenvalue weighted by molar-refractivity contribution is 0.315. The Morgan fingerprint density at radius 1 is 1.20 bits per heavy atom. The average Bonchev–Trinajstić information content (AvgIpc) is 2.84. The van der Waals surface area contributed by atoms with Crippen molar-refractivity contribution in [1.29, 1.82) is 0 Å². The number of aromatic amines is 1. The predicted molar refractivity (Wildman–Crippen MR) is 82.7 cm³/mol. The highest BCUT2D eigenvalue weighted by molar-refractivity contribution is 8.00. The van der Waals surface area contributed by atoms with Crippen molar-refractivity contribution in [2.75, 3.05) is 0 Å². The largest absolute Gasteiger partial charge is 0.411 e. The minimum Gasteiger partial charge on any atom is -0.411 e. The van der Waals surface area contributed by atoms with Crippen LogP contribution in [0.4, 0.5) is 0 Å². The van der Waals surface area contributed by atoms with E-state index in [2.05, 4.69) is 15.1 Å². The molecule has 5 heteroatoms. The SMILES string of the molecule is ON=C1CCCCCCC1Sc1nc2ccccc2[nH]1. The Balaban J connectivity index is 1.79. The lowest BCUT2D eigenvalue weighted by Gasteiger charge is -2.19. The number of aromatic nitrogens is 2. The number of H-pyrrole nitrogens is 1. The Bertz CT molecular complexity index is 575. The van der Waals surface area contributed by atoms with Gasteiger partial charge < -0.3 is 10.2 Å². The van der Waals surface area contributed by atoms with Crippen LogP contribution in [0.25, 0.3) is 11.0 Å². The molecule has 4 nitrogen and oxygen atoms in total. The quantitative estimate of drug-likeness (QED) is 0.643. The van der Waals surface area contributed by atoms with Crippen LogP contribution in [0.3, 0.4) is 0 Å². The summed E-state index contributed by atoms with van der Waals surface area (Å²) in [7, 11) is 0. The molecule has 3 rings (SSSR count). The maximum absolute atomic E-state index is 9.24. The number of thioether (sulfide) groups is 1. The van der Waals surface area contributed by atoms with E-state index in [0.29, 0.717) is 0 Å². The molecule has 0 spiro atoms. The topological polar surface area (TPSA) is 61.3 Å². The van der Waals surface area contributed by atoms with Gasteiger partial charge in [0.15, 0.2) is 5.16 Å². The van der Waals surface area contributed by atoms with Crippen LogP contribution in [0.5, 0.6) is 0 Å². The molecule has 1 saturated carbocycles. The minimum atomic E-state index is 0.237. The van der Waals surface area contributed by atoms with Crippen LogP contribution < -0.4 is 0 Å². The van der Waals surface area contributed by atoms with Gasteiger partial charge in [-0.05, 0) is 31.4 Å². The average molecular weight is 289 g/mol. The van der Waals surface area contributed by atoms with Gasteiger partial charge in [0.1, 0.15) is 0 Å². The highest BCUT2D eigenvalue weighted by Crippen LogP contribution is 2.30.